The van der Waals surface area contributed by atoms with Crippen molar-refractivity contribution < 1.29 is 18.4 Å². The van der Waals surface area contributed by atoms with Crippen LogP contribution in [0.3, 0.4) is 0 Å². The highest BCUT2D eigenvalue weighted by atomic mass is 16.5. The van der Waals surface area contributed by atoms with E-state index in [1.165, 1.54) is 11.3 Å². The summed E-state index contributed by atoms with van der Waals surface area (Å²) in [5.41, 5.74) is 2.63. The van der Waals surface area contributed by atoms with Crippen LogP contribution in [-0.4, -0.2) is 33.5 Å². The lowest BCUT2D eigenvalue weighted by Gasteiger charge is -2.22. The molecule has 5 rings (SSSR count). The highest BCUT2D eigenvalue weighted by Gasteiger charge is 2.33. The van der Waals surface area contributed by atoms with Gasteiger partial charge in [0.1, 0.15) is 12.3 Å². The SMILES string of the molecule is COc1ccc(C2CC(c3ccccc3)=NN2C(=O)Cn2nc(-c3ccco3)oc2=O)cc1. The minimum absolute atomic E-state index is 0.0133. The molecule has 33 heavy (non-hydrogen) atoms. The molecular formula is C24H20N4O5. The maximum atomic E-state index is 13.3. The average molecular weight is 444 g/mol. The van der Waals surface area contributed by atoms with Gasteiger partial charge in [-0.2, -0.15) is 9.78 Å². The maximum absolute atomic E-state index is 13.3. The summed E-state index contributed by atoms with van der Waals surface area (Å²) in [4.78, 5) is 25.5. The smallest absolute Gasteiger partial charge is 0.437 e. The van der Waals surface area contributed by atoms with E-state index >= 15 is 0 Å². The highest BCUT2D eigenvalue weighted by Crippen LogP contribution is 2.33. The molecule has 0 N–H and O–H groups in total. The molecule has 0 aliphatic carbocycles. The first-order chi connectivity index (χ1) is 16.1. The molecule has 0 spiro atoms. The zero-order chi connectivity index (χ0) is 22.8. The first kappa shape index (κ1) is 20.5. The van der Waals surface area contributed by atoms with Gasteiger partial charge in [-0.15, -0.1) is 5.10 Å². The summed E-state index contributed by atoms with van der Waals surface area (Å²) in [6, 6.07) is 20.1. The number of carbonyl (C=O) groups is 1. The molecular weight excluding hydrogens is 424 g/mol. The summed E-state index contributed by atoms with van der Waals surface area (Å²) >= 11 is 0. The number of hydrazone groups is 1. The molecule has 1 amide bonds. The first-order valence-electron chi connectivity index (χ1n) is 10.3. The summed E-state index contributed by atoms with van der Waals surface area (Å²) < 4.78 is 16.6. The second-order valence-electron chi connectivity index (χ2n) is 7.45. The normalized spacial score (nSPS) is 15.5. The summed E-state index contributed by atoms with van der Waals surface area (Å²) in [5.74, 6) is -0.0943. The standard InChI is InChI=1S/C24H20N4O5/c1-31-18-11-9-17(10-12-18)20-14-19(16-6-3-2-4-7-16)25-28(20)22(29)15-27-24(30)33-23(26-27)21-8-5-13-32-21/h2-13,20H,14-15H2,1H3. The molecule has 4 aromatic rings. The minimum atomic E-state index is -0.748. The second kappa shape index (κ2) is 8.62. The number of nitrogens with zero attached hydrogens (tertiary/aromatic N) is 4. The second-order valence-corrected chi connectivity index (χ2v) is 7.45. The highest BCUT2D eigenvalue weighted by molar-refractivity contribution is 6.03. The summed E-state index contributed by atoms with van der Waals surface area (Å²) in [7, 11) is 1.60. The zero-order valence-electron chi connectivity index (χ0n) is 17.7. The van der Waals surface area contributed by atoms with Crippen molar-refractivity contribution >= 4 is 11.6 Å². The van der Waals surface area contributed by atoms with Crippen LogP contribution < -0.4 is 10.5 Å². The molecule has 0 saturated carbocycles. The van der Waals surface area contributed by atoms with E-state index in [-0.39, 0.29) is 24.4 Å². The van der Waals surface area contributed by atoms with Crippen molar-refractivity contribution in [3.05, 3.63) is 94.7 Å². The van der Waals surface area contributed by atoms with Gasteiger partial charge in [-0.3, -0.25) is 4.79 Å². The molecule has 1 unspecified atom stereocenters. The molecule has 9 heteroatoms. The van der Waals surface area contributed by atoms with Crippen molar-refractivity contribution in [2.75, 3.05) is 7.11 Å². The number of benzene rings is 2. The number of furan rings is 1. The van der Waals surface area contributed by atoms with E-state index in [1.807, 2.05) is 54.6 Å². The molecule has 1 aliphatic heterocycles. The fourth-order valence-electron chi connectivity index (χ4n) is 3.74. The monoisotopic (exact) mass is 444 g/mol. The van der Waals surface area contributed by atoms with Crippen molar-refractivity contribution in [3.63, 3.8) is 0 Å². The van der Waals surface area contributed by atoms with Gasteiger partial charge in [-0.05, 0) is 35.4 Å². The molecule has 0 radical (unpaired) electrons. The van der Waals surface area contributed by atoms with E-state index in [0.717, 1.165) is 27.3 Å². The van der Waals surface area contributed by atoms with Crippen molar-refractivity contribution in [2.24, 2.45) is 5.10 Å². The lowest BCUT2D eigenvalue weighted by molar-refractivity contribution is -0.134. The average Bonchev–Trinajstić information content (AvgIpc) is 3.60. The van der Waals surface area contributed by atoms with Gasteiger partial charge in [-0.25, -0.2) is 9.80 Å². The van der Waals surface area contributed by atoms with Gasteiger partial charge in [-0.1, -0.05) is 42.5 Å². The van der Waals surface area contributed by atoms with Gasteiger partial charge >= 0.3 is 5.76 Å². The van der Waals surface area contributed by atoms with Gasteiger partial charge in [0.15, 0.2) is 5.76 Å². The maximum Gasteiger partial charge on any atom is 0.437 e. The van der Waals surface area contributed by atoms with Crippen molar-refractivity contribution in [3.8, 4) is 17.4 Å². The molecule has 1 atom stereocenters. The quantitative estimate of drug-likeness (QED) is 0.451. The Bertz CT molecular complexity index is 1340. The molecule has 2 aromatic heterocycles. The van der Waals surface area contributed by atoms with Crippen molar-refractivity contribution in [1.82, 2.24) is 14.8 Å². The van der Waals surface area contributed by atoms with E-state index in [2.05, 4.69) is 10.2 Å². The van der Waals surface area contributed by atoms with Crippen LogP contribution in [0.25, 0.3) is 11.7 Å². The predicted molar refractivity (Wildman–Crippen MR) is 119 cm³/mol. The molecule has 166 valence electrons. The van der Waals surface area contributed by atoms with E-state index in [4.69, 9.17) is 13.6 Å². The number of rotatable bonds is 6. The number of ether oxygens (including phenoxy) is 1. The fourth-order valence-corrected chi connectivity index (χ4v) is 3.74. The van der Waals surface area contributed by atoms with Crippen LogP contribution >= 0.6 is 0 Å². The van der Waals surface area contributed by atoms with Gasteiger partial charge in [0.25, 0.3) is 11.8 Å². The molecule has 0 bridgehead atoms. The topological polar surface area (TPSA) is 103 Å². The summed E-state index contributed by atoms with van der Waals surface area (Å²) in [6.07, 6.45) is 1.98. The summed E-state index contributed by atoms with van der Waals surface area (Å²) in [5, 5.41) is 10.1. The third kappa shape index (κ3) is 4.08. The van der Waals surface area contributed by atoms with Gasteiger partial charge in [0.2, 0.25) is 0 Å². The van der Waals surface area contributed by atoms with Crippen molar-refractivity contribution in [2.45, 2.75) is 19.0 Å². The lowest BCUT2D eigenvalue weighted by Crippen LogP contribution is -2.33. The third-order valence-corrected chi connectivity index (χ3v) is 5.40. The van der Waals surface area contributed by atoms with Gasteiger partial charge in [0, 0.05) is 6.42 Å². The molecule has 9 nitrogen and oxygen atoms in total. The van der Waals surface area contributed by atoms with Crippen LogP contribution in [0.15, 0.2) is 91.7 Å². The van der Waals surface area contributed by atoms with E-state index in [0.29, 0.717) is 12.2 Å². The molecule has 2 aromatic carbocycles. The van der Waals surface area contributed by atoms with E-state index in [1.54, 1.807) is 19.2 Å². The molecule has 1 aliphatic rings. The van der Waals surface area contributed by atoms with Gasteiger partial charge < -0.3 is 13.6 Å². The van der Waals surface area contributed by atoms with Crippen LogP contribution in [0, 0.1) is 0 Å². The Morgan fingerprint density at radius 1 is 1.09 bits per heavy atom. The third-order valence-electron chi connectivity index (χ3n) is 5.40. The number of methoxy groups -OCH3 is 1. The van der Waals surface area contributed by atoms with Crippen LogP contribution in [0.1, 0.15) is 23.6 Å². The lowest BCUT2D eigenvalue weighted by atomic mass is 9.98. The van der Waals surface area contributed by atoms with Gasteiger partial charge in [0.05, 0.1) is 25.1 Å². The number of amides is 1. The Kier molecular flexibility index (Phi) is 5.35. The van der Waals surface area contributed by atoms with Crippen molar-refractivity contribution in [1.29, 1.82) is 0 Å². The Labute approximate surface area is 188 Å². The van der Waals surface area contributed by atoms with Crippen LogP contribution in [-0.2, 0) is 11.3 Å². The molecule has 0 fully saturated rings. The Hall–Kier alpha value is -4.40. The minimum Gasteiger partial charge on any atom is -0.497 e. The number of hydrogen-bond acceptors (Lipinski definition) is 7. The number of carbonyl (C=O) groups excluding carboxylic acids is 1. The molecule has 3 heterocycles. The molecule has 0 saturated heterocycles. The van der Waals surface area contributed by atoms with Crippen LogP contribution in [0.4, 0.5) is 0 Å². The van der Waals surface area contributed by atoms with E-state index < -0.39 is 5.76 Å². The Morgan fingerprint density at radius 3 is 2.58 bits per heavy atom. The first-order valence-corrected chi connectivity index (χ1v) is 10.3. The fraction of sp³-hybridized carbons (Fsp3) is 0.167. The van der Waals surface area contributed by atoms with Crippen LogP contribution in [0.2, 0.25) is 0 Å². The Morgan fingerprint density at radius 2 is 1.88 bits per heavy atom. The number of aromatic nitrogens is 2. The zero-order valence-corrected chi connectivity index (χ0v) is 17.7. The Balaban J connectivity index is 1.45. The van der Waals surface area contributed by atoms with Crippen LogP contribution in [0.5, 0.6) is 5.75 Å². The largest absolute Gasteiger partial charge is 0.497 e. The predicted octanol–water partition coefficient (Wildman–Crippen LogP) is 3.48. The van der Waals surface area contributed by atoms with E-state index in [9.17, 15) is 9.59 Å². The number of hydrogen-bond donors (Lipinski definition) is 0. The summed E-state index contributed by atoms with van der Waals surface area (Å²) in [6.45, 7) is -0.318.